The van der Waals surface area contributed by atoms with Crippen molar-refractivity contribution in [3.05, 3.63) is 53.7 Å². The number of nitrogens with one attached hydrogen (secondary N) is 2. The molecule has 248 valence electrons. The maximum Gasteiger partial charge on any atom is 0.257 e. The number of likely N-dealkylation sites (tertiary alicyclic amines) is 1. The van der Waals surface area contributed by atoms with Gasteiger partial charge in [0.25, 0.3) is 12.7 Å². The lowest BCUT2D eigenvalue weighted by Gasteiger charge is -2.41. The number of hydrogen-bond acceptors (Lipinski definition) is 13. The van der Waals surface area contributed by atoms with Gasteiger partial charge in [0.15, 0.2) is 0 Å². The van der Waals surface area contributed by atoms with Gasteiger partial charge in [-0.05, 0) is 88.3 Å². The molecule has 2 aliphatic heterocycles. The average Bonchev–Trinajstić information content (AvgIpc) is 3.08. The molecule has 2 saturated heterocycles. The number of aliphatic hydroxyl groups excluding tert-OH is 2. The Morgan fingerprint density at radius 1 is 1.11 bits per heavy atom. The van der Waals surface area contributed by atoms with Gasteiger partial charge in [0, 0.05) is 23.9 Å². The molecule has 0 bridgehead atoms. The molecular weight excluding hydrogens is 616 g/mol. The zero-order valence-electron chi connectivity index (χ0n) is 25.8. The fourth-order valence-electron chi connectivity index (χ4n) is 6.12. The summed E-state index contributed by atoms with van der Waals surface area (Å²) in [5.41, 5.74) is -0.640. The number of Topliss-reactive ketones (excluding diaryl/α,β-unsaturated/α-hetero) is 2. The number of ether oxygens (including phenoxy) is 2. The Morgan fingerprint density at radius 2 is 1.83 bits per heavy atom. The molecule has 1 unspecified atom stereocenters. The van der Waals surface area contributed by atoms with Crippen LogP contribution in [0.4, 0.5) is 20.5 Å². The number of hydrogen-bond donors (Lipinski definition) is 4. The summed E-state index contributed by atoms with van der Waals surface area (Å²) in [6, 6.07) is 11.9. The minimum Gasteiger partial charge on any atom is -0.487 e. The number of halogens is 2. The zero-order valence-corrected chi connectivity index (χ0v) is 25.8. The second-order valence-corrected chi connectivity index (χ2v) is 11.5. The van der Waals surface area contributed by atoms with E-state index in [1.54, 1.807) is 19.2 Å². The van der Waals surface area contributed by atoms with Gasteiger partial charge in [0.05, 0.1) is 18.4 Å². The van der Waals surface area contributed by atoms with E-state index in [2.05, 4.69) is 37.5 Å². The molecule has 4 heterocycles. The highest BCUT2D eigenvalue weighted by atomic mass is 19.1. The molecule has 13 nitrogen and oxygen atoms in total. The van der Waals surface area contributed by atoms with Crippen molar-refractivity contribution in [3.63, 3.8) is 0 Å². The van der Waals surface area contributed by atoms with Gasteiger partial charge in [-0.15, -0.1) is 0 Å². The van der Waals surface area contributed by atoms with E-state index in [1.807, 2.05) is 18.2 Å². The van der Waals surface area contributed by atoms with Crippen molar-refractivity contribution in [2.24, 2.45) is 5.41 Å². The number of alkyl halides is 2. The van der Waals surface area contributed by atoms with E-state index in [0.717, 1.165) is 31.5 Å². The summed E-state index contributed by atoms with van der Waals surface area (Å²) < 4.78 is 39.2. The van der Waals surface area contributed by atoms with Crippen molar-refractivity contribution in [2.75, 3.05) is 45.7 Å². The third-order valence-electron chi connectivity index (χ3n) is 8.65. The van der Waals surface area contributed by atoms with Crippen molar-refractivity contribution in [3.8, 4) is 29.0 Å². The third kappa shape index (κ3) is 7.05. The lowest BCUT2D eigenvalue weighted by atomic mass is 9.70. The molecule has 0 spiro atoms. The number of anilines is 2. The van der Waals surface area contributed by atoms with Gasteiger partial charge in [-0.2, -0.15) is 10.2 Å². The van der Waals surface area contributed by atoms with Gasteiger partial charge in [0.1, 0.15) is 29.2 Å². The zero-order chi connectivity index (χ0) is 33.7. The number of methoxy groups -OCH3 is 1. The van der Waals surface area contributed by atoms with Gasteiger partial charge in [0.2, 0.25) is 23.4 Å². The molecule has 2 fully saturated rings. The Hall–Kier alpha value is -4.62. The minimum absolute atomic E-state index is 0.0274. The molecule has 3 atom stereocenters. The molecule has 0 aliphatic carbocycles. The minimum atomic E-state index is -3.13. The van der Waals surface area contributed by atoms with Crippen LogP contribution in [0.3, 0.4) is 0 Å². The van der Waals surface area contributed by atoms with E-state index in [9.17, 15) is 33.8 Å². The molecule has 2 aliphatic rings. The molecular formula is C32H35F2N7O6. The summed E-state index contributed by atoms with van der Waals surface area (Å²) >= 11 is 0. The summed E-state index contributed by atoms with van der Waals surface area (Å²) in [6.07, 6.45) is -4.30. The Morgan fingerprint density at radius 3 is 2.49 bits per heavy atom. The number of carbonyl (C=O) groups excluding carboxylic acids is 2. The number of benzene rings is 1. The largest absolute Gasteiger partial charge is 0.487 e. The SMILES string of the molecule is COc1nc(Nc2nccc(-c3ccc(OC4CCNCC4(C(=O)[C@@H](O)F)C(=O)[C@@H](O)F)c(C#N)c3)n2)ccc1C1CCN(C)CC1. The van der Waals surface area contributed by atoms with Crippen LogP contribution in [-0.4, -0.2) is 101 Å². The molecule has 47 heavy (non-hydrogen) atoms. The van der Waals surface area contributed by atoms with Crippen LogP contribution in [0.5, 0.6) is 11.6 Å². The number of nitriles is 1. The van der Waals surface area contributed by atoms with Crippen LogP contribution in [0, 0.1) is 16.7 Å². The van der Waals surface area contributed by atoms with Crippen molar-refractivity contribution >= 4 is 23.3 Å². The van der Waals surface area contributed by atoms with Crippen LogP contribution < -0.4 is 20.1 Å². The van der Waals surface area contributed by atoms with Crippen molar-refractivity contribution in [2.45, 2.75) is 44.0 Å². The molecule has 1 aromatic carbocycles. The number of aromatic nitrogens is 3. The number of ketones is 2. The number of nitrogens with zero attached hydrogens (tertiary/aromatic N) is 5. The van der Waals surface area contributed by atoms with Gasteiger partial charge in [-0.1, -0.05) is 0 Å². The second kappa shape index (κ2) is 14.4. The van der Waals surface area contributed by atoms with Crippen molar-refractivity contribution < 1.29 is 38.1 Å². The fraction of sp³-hybridized carbons (Fsp3) is 0.438. The molecule has 0 amide bonds. The third-order valence-corrected chi connectivity index (χ3v) is 8.65. The van der Waals surface area contributed by atoms with Crippen molar-refractivity contribution in [1.82, 2.24) is 25.2 Å². The molecule has 2 aromatic heterocycles. The van der Waals surface area contributed by atoms with E-state index in [1.165, 1.54) is 18.3 Å². The molecule has 0 radical (unpaired) electrons. The lowest BCUT2D eigenvalue weighted by Crippen LogP contribution is -2.64. The van der Waals surface area contributed by atoms with Gasteiger partial charge >= 0.3 is 0 Å². The van der Waals surface area contributed by atoms with Crippen LogP contribution >= 0.6 is 0 Å². The monoisotopic (exact) mass is 651 g/mol. The van der Waals surface area contributed by atoms with E-state index >= 15 is 0 Å². The summed E-state index contributed by atoms with van der Waals surface area (Å²) in [7, 11) is 3.69. The molecule has 4 N–H and O–H groups in total. The predicted octanol–water partition coefficient (Wildman–Crippen LogP) is 2.41. The number of rotatable bonds is 11. The van der Waals surface area contributed by atoms with Gasteiger partial charge in [-0.25, -0.2) is 18.7 Å². The first-order valence-corrected chi connectivity index (χ1v) is 15.1. The quantitative estimate of drug-likeness (QED) is 0.222. The normalized spacial score (nSPS) is 19.6. The molecule has 3 aromatic rings. The van der Waals surface area contributed by atoms with E-state index in [4.69, 9.17) is 9.47 Å². The predicted molar refractivity (Wildman–Crippen MR) is 164 cm³/mol. The highest BCUT2D eigenvalue weighted by molar-refractivity contribution is 6.10. The Balaban J connectivity index is 1.38. The molecule has 5 rings (SSSR count). The number of pyridine rings is 1. The number of aliphatic hydroxyl groups is 2. The summed E-state index contributed by atoms with van der Waals surface area (Å²) in [5, 5.41) is 34.5. The lowest BCUT2D eigenvalue weighted by molar-refractivity contribution is -0.169. The van der Waals surface area contributed by atoms with Crippen molar-refractivity contribution in [1.29, 1.82) is 5.26 Å². The van der Waals surface area contributed by atoms with Crippen LogP contribution in [0.1, 0.15) is 36.3 Å². The van der Waals surface area contributed by atoms with E-state index in [-0.39, 0.29) is 30.2 Å². The highest BCUT2D eigenvalue weighted by Gasteiger charge is 2.58. The van der Waals surface area contributed by atoms with E-state index in [0.29, 0.717) is 28.9 Å². The molecule has 15 heteroatoms. The average molecular weight is 652 g/mol. The summed E-state index contributed by atoms with van der Waals surface area (Å²) in [4.78, 5) is 41.2. The van der Waals surface area contributed by atoms with Crippen LogP contribution in [-0.2, 0) is 9.59 Å². The Bertz CT molecular complexity index is 1640. The second-order valence-electron chi connectivity index (χ2n) is 11.5. The van der Waals surface area contributed by atoms with E-state index < -0.39 is 42.3 Å². The first-order valence-electron chi connectivity index (χ1n) is 15.1. The van der Waals surface area contributed by atoms with Crippen LogP contribution in [0.25, 0.3) is 11.3 Å². The van der Waals surface area contributed by atoms with Crippen LogP contribution in [0.15, 0.2) is 42.6 Å². The molecule has 0 saturated carbocycles. The Labute approximate surface area is 269 Å². The number of piperidine rings is 2. The van der Waals surface area contributed by atoms with Gasteiger partial charge < -0.3 is 35.2 Å². The standard InChI is InChI=1S/C32H35F2N7O6/c1-41-13-9-18(10-14-41)21-4-6-25(39-30(21)46-2)40-31-37-12-7-22(38-31)19-3-5-23(20(15-19)16-35)47-24-8-11-36-17-32(24,26(42)28(33)44)27(43)29(34)45/h3-7,12,15,18,24,28-29,36,44-45H,8-11,13-14,17H2,1-2H3,(H,37,38,39,40)/t24?,28-,29-/m1/s1. The maximum atomic E-state index is 13.8. The Kier molecular flexibility index (Phi) is 10.4. The summed E-state index contributed by atoms with van der Waals surface area (Å²) in [6.45, 7) is 1.60. The van der Waals surface area contributed by atoms with Crippen LogP contribution in [0.2, 0.25) is 0 Å². The first kappa shape index (κ1) is 33.7. The van der Waals surface area contributed by atoms with Gasteiger partial charge in [-0.3, -0.25) is 9.59 Å². The number of carbonyl (C=O) groups is 2. The fourth-order valence-corrected chi connectivity index (χ4v) is 6.12. The topological polar surface area (TPSA) is 183 Å². The first-order chi connectivity index (χ1) is 22.6. The maximum absolute atomic E-state index is 13.8. The summed E-state index contributed by atoms with van der Waals surface area (Å²) in [5.74, 6) is -1.81. The smallest absolute Gasteiger partial charge is 0.257 e. The highest BCUT2D eigenvalue weighted by Crippen LogP contribution is 2.38.